The Hall–Kier alpha value is -0.810. The Morgan fingerprint density at radius 2 is 1.50 bits per heavy atom. The van der Waals surface area contributed by atoms with Gasteiger partial charge in [-0.3, -0.25) is 4.79 Å². The van der Waals surface area contributed by atoms with Gasteiger partial charge in [0, 0.05) is 25.9 Å². The van der Waals surface area contributed by atoms with Crippen LogP contribution in [0.25, 0.3) is 0 Å². The number of halogens is 5. The van der Waals surface area contributed by atoms with Crippen molar-refractivity contribution in [3.05, 3.63) is 0 Å². The number of carbonyl (C=O) groups excluding carboxylic acids is 1. The molecule has 3 unspecified atom stereocenters. The van der Waals surface area contributed by atoms with Crippen LogP contribution in [0.5, 0.6) is 0 Å². The summed E-state index contributed by atoms with van der Waals surface area (Å²) in [4.78, 5) is 12.3. The van der Waals surface area contributed by atoms with Gasteiger partial charge in [-0.05, 0) is 92.3 Å². The summed E-state index contributed by atoms with van der Waals surface area (Å²) in [5.74, 6) is -3.39. The minimum Gasteiger partial charge on any atom is -0.393 e. The first-order chi connectivity index (χ1) is 20.5. The molecule has 1 N–H and O–H groups in total. The van der Waals surface area contributed by atoms with E-state index in [0.29, 0.717) is 61.7 Å². The van der Waals surface area contributed by atoms with Crippen molar-refractivity contribution in [2.45, 2.75) is 147 Å². The van der Waals surface area contributed by atoms with Gasteiger partial charge >= 0.3 is 12.1 Å². The van der Waals surface area contributed by atoms with Gasteiger partial charge in [0.2, 0.25) is 0 Å². The van der Waals surface area contributed by atoms with Crippen LogP contribution in [0.4, 0.5) is 22.0 Å². The lowest BCUT2D eigenvalue weighted by Gasteiger charge is -2.62. The van der Waals surface area contributed by atoms with Gasteiger partial charge in [-0.2, -0.15) is 22.0 Å². The van der Waals surface area contributed by atoms with Crippen molar-refractivity contribution >= 4 is 15.6 Å². The lowest BCUT2D eigenvalue weighted by atomic mass is 9.44. The van der Waals surface area contributed by atoms with E-state index in [-0.39, 0.29) is 28.8 Å². The van der Waals surface area contributed by atoms with Crippen LogP contribution in [0.2, 0.25) is 0 Å². The topological polar surface area (TPSA) is 80.7 Å². The zero-order valence-electron chi connectivity index (χ0n) is 26.5. The molecule has 4 fully saturated rings. The molecule has 4 aliphatic rings. The summed E-state index contributed by atoms with van der Waals surface area (Å²) in [6.07, 6.45) is 5.02. The van der Waals surface area contributed by atoms with E-state index in [9.17, 15) is 40.3 Å². The summed E-state index contributed by atoms with van der Waals surface area (Å²) < 4.78 is 93.5. The van der Waals surface area contributed by atoms with E-state index in [2.05, 4.69) is 13.8 Å². The molecule has 0 aromatic carbocycles. The number of ketones is 1. The summed E-state index contributed by atoms with van der Waals surface area (Å²) in [5.41, 5.74) is -0.000856. The minimum atomic E-state index is -5.65. The maximum absolute atomic E-state index is 13.0. The van der Waals surface area contributed by atoms with Crippen LogP contribution < -0.4 is 0 Å². The van der Waals surface area contributed by atoms with E-state index in [4.69, 9.17) is 4.74 Å². The quantitative estimate of drug-likeness (QED) is 0.142. The average molecular weight is 657 g/mol. The molecule has 0 aromatic rings. The van der Waals surface area contributed by atoms with Crippen molar-refractivity contribution in [1.29, 1.82) is 0 Å². The Labute approximate surface area is 260 Å². The second kappa shape index (κ2) is 14.1. The number of aliphatic hydroxyl groups excluding tert-OH is 1. The summed E-state index contributed by atoms with van der Waals surface area (Å²) in [6, 6.07) is 0. The molecule has 0 amide bonds. The Bertz CT molecular complexity index is 1080. The predicted octanol–water partition coefficient (Wildman–Crippen LogP) is 8.08. The van der Waals surface area contributed by atoms with Crippen LogP contribution in [0, 0.1) is 34.5 Å². The molecule has 44 heavy (non-hydrogen) atoms. The van der Waals surface area contributed by atoms with Gasteiger partial charge in [-0.15, -0.1) is 0 Å². The molecule has 8 atom stereocenters. The summed E-state index contributed by atoms with van der Waals surface area (Å²) >= 11 is 0. The molecular weight excluding hydrogens is 603 g/mol. The number of alkyl halides is 5. The highest BCUT2D eigenvalue weighted by atomic mass is 32.2. The van der Waals surface area contributed by atoms with Crippen LogP contribution in [-0.4, -0.2) is 61.7 Å². The molecule has 256 valence electrons. The van der Waals surface area contributed by atoms with Crippen molar-refractivity contribution in [3.63, 3.8) is 0 Å². The minimum absolute atomic E-state index is 0.0941. The first kappa shape index (κ1) is 36.0. The molecule has 0 aromatic heterocycles. The third kappa shape index (κ3) is 8.00. The van der Waals surface area contributed by atoms with Crippen LogP contribution in [0.1, 0.15) is 123 Å². The molecule has 0 aliphatic heterocycles. The number of carbonyl (C=O) groups is 1. The fraction of sp³-hybridized carbons (Fsp3) is 0.970. The van der Waals surface area contributed by atoms with Crippen molar-refractivity contribution < 1.29 is 45.0 Å². The first-order valence-corrected chi connectivity index (χ1v) is 18.8. The number of unbranched alkanes of at least 4 members (excludes halogenated alkanes) is 6. The average Bonchev–Trinajstić information content (AvgIpc) is 3.22. The van der Waals surface area contributed by atoms with Crippen LogP contribution >= 0.6 is 0 Å². The molecule has 0 heterocycles. The molecule has 0 radical (unpaired) electrons. The zero-order chi connectivity index (χ0) is 32.4. The highest BCUT2D eigenvalue weighted by Crippen LogP contribution is 2.66. The third-order valence-electron chi connectivity index (χ3n) is 12.1. The largest absolute Gasteiger partial charge is 0.453 e. The number of Topliss-reactive ketones (excluding diaryl/α,β-unsaturated/α-hetero) is 1. The monoisotopic (exact) mass is 656 g/mol. The van der Waals surface area contributed by atoms with Crippen LogP contribution in [0.3, 0.4) is 0 Å². The number of hydrogen-bond donors (Lipinski definition) is 1. The predicted molar refractivity (Wildman–Crippen MR) is 159 cm³/mol. The van der Waals surface area contributed by atoms with Crippen LogP contribution in [-0.2, 0) is 19.4 Å². The van der Waals surface area contributed by atoms with Crippen LogP contribution in [0.15, 0.2) is 0 Å². The fourth-order valence-corrected chi connectivity index (χ4v) is 11.0. The molecule has 0 bridgehead atoms. The second-order valence-corrected chi connectivity index (χ2v) is 17.3. The molecule has 4 rings (SSSR count). The maximum atomic E-state index is 13.0. The lowest BCUT2D eigenvalue weighted by Crippen LogP contribution is -2.60. The smallest absolute Gasteiger partial charge is 0.393 e. The van der Waals surface area contributed by atoms with Gasteiger partial charge in [0.1, 0.15) is 15.6 Å². The van der Waals surface area contributed by atoms with Gasteiger partial charge in [0.15, 0.2) is 0 Å². The molecule has 5 nitrogen and oxygen atoms in total. The lowest BCUT2D eigenvalue weighted by molar-refractivity contribution is -0.284. The van der Waals surface area contributed by atoms with Crippen molar-refractivity contribution in [2.75, 3.05) is 18.1 Å². The van der Waals surface area contributed by atoms with Crippen molar-refractivity contribution in [3.8, 4) is 0 Å². The highest BCUT2D eigenvalue weighted by molar-refractivity contribution is 7.91. The molecule has 4 saturated carbocycles. The van der Waals surface area contributed by atoms with Gasteiger partial charge in [-0.1, -0.05) is 46.0 Å². The molecule has 11 heteroatoms. The van der Waals surface area contributed by atoms with E-state index < -0.39 is 40.5 Å². The standard InChI is InChI=1S/C33H53F5O5S/c1-30-17-15-24(39)21-23(30)11-12-25-26-13-14-28(40)31(26,2)22-27(29(25)30)43-18-8-6-4-3-5-7-9-19-44(41,42)20-10-16-32(34,35)33(36,37)38/h23,25-29,40H,3-22H2,1-2H3/t23?,25-,26-,27?,28?,29-,30-,31-/m0/s1. The van der Waals surface area contributed by atoms with E-state index in [1.807, 2.05) is 0 Å². The Kier molecular flexibility index (Phi) is 11.6. The third-order valence-corrected chi connectivity index (χ3v) is 14.0. The Balaban J connectivity index is 1.15. The summed E-state index contributed by atoms with van der Waals surface area (Å²) in [7, 11) is -3.65. The van der Waals surface area contributed by atoms with Gasteiger partial charge in [0.05, 0.1) is 23.7 Å². The van der Waals surface area contributed by atoms with Crippen molar-refractivity contribution in [2.24, 2.45) is 34.5 Å². The van der Waals surface area contributed by atoms with Gasteiger partial charge < -0.3 is 9.84 Å². The van der Waals surface area contributed by atoms with E-state index in [1.54, 1.807) is 0 Å². The van der Waals surface area contributed by atoms with E-state index in [0.717, 1.165) is 70.6 Å². The van der Waals surface area contributed by atoms with Gasteiger partial charge in [-0.25, -0.2) is 8.42 Å². The number of aliphatic hydroxyl groups is 1. The highest BCUT2D eigenvalue weighted by Gasteiger charge is 2.63. The second-order valence-electron chi connectivity index (χ2n) is 15.0. The molecule has 0 spiro atoms. The Morgan fingerprint density at radius 1 is 0.864 bits per heavy atom. The zero-order valence-corrected chi connectivity index (χ0v) is 27.3. The molecular formula is C33H53F5O5S. The first-order valence-electron chi connectivity index (χ1n) is 17.0. The number of fused-ring (bicyclic) bond motifs is 5. The summed E-state index contributed by atoms with van der Waals surface area (Å²) in [6.45, 7) is 5.33. The van der Waals surface area contributed by atoms with E-state index in [1.165, 1.54) is 0 Å². The Morgan fingerprint density at radius 3 is 2.18 bits per heavy atom. The normalized spacial score (nSPS) is 36.1. The van der Waals surface area contributed by atoms with Gasteiger partial charge in [0.25, 0.3) is 0 Å². The fourth-order valence-electron chi connectivity index (χ4n) is 9.57. The van der Waals surface area contributed by atoms with E-state index >= 15 is 0 Å². The maximum Gasteiger partial charge on any atom is 0.453 e. The molecule has 0 saturated heterocycles. The SMILES string of the molecule is C[C@]12CCC(=O)CC1CC[C@@H]1[C@H]2C(OCCCCCCCCCS(=O)(=O)CCCC(F)(F)C(F)(F)F)C[C@]2(C)C(O)CC[C@@H]12. The molecule has 4 aliphatic carbocycles. The van der Waals surface area contributed by atoms with Crippen molar-refractivity contribution in [1.82, 2.24) is 0 Å². The summed E-state index contributed by atoms with van der Waals surface area (Å²) in [5, 5.41) is 11.0. The number of rotatable bonds is 15. The number of sulfone groups is 1. The number of ether oxygens (including phenoxy) is 1. The number of hydrogen-bond acceptors (Lipinski definition) is 5.